The molecule has 0 bridgehead atoms. The number of carbonyl (C=O) groups is 1. The molecule has 0 atom stereocenters. The number of hydrogen-bond acceptors (Lipinski definition) is 5. The first-order valence-corrected chi connectivity index (χ1v) is 6.77. The Morgan fingerprint density at radius 2 is 2.20 bits per heavy atom. The van der Waals surface area contributed by atoms with Crippen LogP contribution in [0.15, 0.2) is 36.7 Å². The maximum absolute atomic E-state index is 11.0. The van der Waals surface area contributed by atoms with Gasteiger partial charge in [-0.25, -0.2) is 9.78 Å². The second-order valence-electron chi connectivity index (χ2n) is 4.26. The van der Waals surface area contributed by atoms with Gasteiger partial charge in [-0.3, -0.25) is 4.98 Å². The molecule has 2 N–H and O–H groups in total. The molecule has 0 spiro atoms. The van der Waals surface area contributed by atoms with Crippen LogP contribution in [0.25, 0.3) is 10.8 Å². The lowest BCUT2D eigenvalue weighted by molar-refractivity contribution is 0.0690. The number of aromatic carboxylic acids is 1. The number of anilines is 2. The van der Waals surface area contributed by atoms with Gasteiger partial charge in [0, 0.05) is 28.3 Å². The zero-order chi connectivity index (χ0) is 14.1. The first-order chi connectivity index (χ1) is 9.65. The molecular formula is C14H11N3O2S. The smallest absolute Gasteiger partial charge is 0.355 e. The number of hydrogen-bond donors (Lipinski definition) is 2. The summed E-state index contributed by atoms with van der Waals surface area (Å²) >= 11 is 1.32. The average Bonchev–Trinajstić information content (AvgIpc) is 2.80. The Bertz CT molecular complexity index is 793. The third kappa shape index (κ3) is 2.21. The predicted molar refractivity (Wildman–Crippen MR) is 78.8 cm³/mol. The molecule has 0 saturated heterocycles. The lowest BCUT2D eigenvalue weighted by Gasteiger charge is -2.06. The monoisotopic (exact) mass is 285 g/mol. The van der Waals surface area contributed by atoms with Gasteiger partial charge in [0.25, 0.3) is 0 Å². The van der Waals surface area contributed by atoms with Gasteiger partial charge in [0.15, 0.2) is 10.8 Å². The molecule has 20 heavy (non-hydrogen) atoms. The van der Waals surface area contributed by atoms with E-state index < -0.39 is 5.97 Å². The van der Waals surface area contributed by atoms with E-state index in [1.54, 1.807) is 19.3 Å². The molecule has 6 heteroatoms. The molecule has 100 valence electrons. The maximum atomic E-state index is 11.0. The minimum Gasteiger partial charge on any atom is -0.476 e. The number of aryl methyl sites for hydroxylation is 1. The molecule has 3 rings (SSSR count). The molecule has 0 aliphatic heterocycles. The SMILES string of the molecule is Cc1sc(Nc2cccc3ccncc23)nc1C(=O)O. The summed E-state index contributed by atoms with van der Waals surface area (Å²) in [6.07, 6.45) is 3.51. The fourth-order valence-electron chi connectivity index (χ4n) is 1.99. The van der Waals surface area contributed by atoms with Crippen LogP contribution >= 0.6 is 11.3 Å². The van der Waals surface area contributed by atoms with Gasteiger partial charge >= 0.3 is 5.97 Å². The number of carboxylic acids is 1. The van der Waals surface area contributed by atoms with Crippen LogP contribution in [0.3, 0.4) is 0 Å². The zero-order valence-corrected chi connectivity index (χ0v) is 11.4. The summed E-state index contributed by atoms with van der Waals surface area (Å²) in [5.74, 6) is -1.01. The van der Waals surface area contributed by atoms with E-state index in [2.05, 4.69) is 15.3 Å². The summed E-state index contributed by atoms with van der Waals surface area (Å²) in [5, 5.41) is 14.8. The third-order valence-corrected chi connectivity index (χ3v) is 3.81. The molecule has 0 aliphatic rings. The van der Waals surface area contributed by atoms with Crippen LogP contribution in [-0.4, -0.2) is 21.0 Å². The topological polar surface area (TPSA) is 75.1 Å². The van der Waals surface area contributed by atoms with E-state index in [0.29, 0.717) is 10.0 Å². The Hall–Kier alpha value is -2.47. The van der Waals surface area contributed by atoms with Gasteiger partial charge < -0.3 is 10.4 Å². The van der Waals surface area contributed by atoms with E-state index in [1.165, 1.54) is 11.3 Å². The van der Waals surface area contributed by atoms with E-state index in [9.17, 15) is 4.79 Å². The van der Waals surface area contributed by atoms with E-state index in [1.807, 2.05) is 24.3 Å². The number of nitrogens with zero attached hydrogens (tertiary/aromatic N) is 2. The minimum absolute atomic E-state index is 0.0934. The fraction of sp³-hybridized carbons (Fsp3) is 0.0714. The Morgan fingerprint density at radius 3 is 2.95 bits per heavy atom. The second kappa shape index (κ2) is 4.90. The van der Waals surface area contributed by atoms with Crippen LogP contribution in [0.1, 0.15) is 15.4 Å². The molecule has 0 saturated carbocycles. The number of thiazole rings is 1. The number of rotatable bonds is 3. The molecule has 1 aromatic carbocycles. The third-order valence-electron chi connectivity index (χ3n) is 2.92. The highest BCUT2D eigenvalue weighted by molar-refractivity contribution is 7.15. The summed E-state index contributed by atoms with van der Waals surface area (Å²) in [4.78, 5) is 19.9. The number of pyridine rings is 1. The van der Waals surface area contributed by atoms with Gasteiger partial charge in [0.05, 0.1) is 0 Å². The molecule has 0 aliphatic carbocycles. The molecule has 0 radical (unpaired) electrons. The molecule has 0 unspecified atom stereocenters. The molecule has 0 amide bonds. The normalized spacial score (nSPS) is 10.7. The molecule has 3 aromatic rings. The standard InChI is InChI=1S/C14H11N3O2S/c1-8-12(13(18)19)17-14(20-8)16-11-4-2-3-9-5-6-15-7-10(9)11/h2-7H,1H3,(H,16,17)(H,18,19). The molecule has 2 heterocycles. The highest BCUT2D eigenvalue weighted by atomic mass is 32.1. The Labute approximate surface area is 118 Å². The van der Waals surface area contributed by atoms with Gasteiger partial charge in [-0.15, -0.1) is 11.3 Å². The van der Waals surface area contributed by atoms with Crippen LogP contribution in [0.2, 0.25) is 0 Å². The van der Waals surface area contributed by atoms with Crippen LogP contribution in [-0.2, 0) is 0 Å². The summed E-state index contributed by atoms with van der Waals surface area (Å²) in [5.41, 5.74) is 0.956. The van der Waals surface area contributed by atoms with Gasteiger partial charge in [0.2, 0.25) is 0 Å². The van der Waals surface area contributed by atoms with Crippen LogP contribution in [0.5, 0.6) is 0 Å². The van der Waals surface area contributed by atoms with E-state index in [0.717, 1.165) is 16.5 Å². The number of aromatic nitrogens is 2. The van der Waals surface area contributed by atoms with Crippen molar-refractivity contribution >= 4 is 38.9 Å². The summed E-state index contributed by atoms with van der Waals surface area (Å²) < 4.78 is 0. The second-order valence-corrected chi connectivity index (χ2v) is 5.46. The van der Waals surface area contributed by atoms with Crippen molar-refractivity contribution in [3.05, 3.63) is 47.2 Å². The summed E-state index contributed by atoms with van der Waals surface area (Å²) in [6.45, 7) is 1.75. The predicted octanol–water partition coefficient (Wildman–Crippen LogP) is 3.44. The van der Waals surface area contributed by atoms with Crippen LogP contribution < -0.4 is 5.32 Å². The van der Waals surface area contributed by atoms with Crippen molar-refractivity contribution in [1.82, 2.24) is 9.97 Å². The molecule has 5 nitrogen and oxygen atoms in total. The lowest BCUT2D eigenvalue weighted by atomic mass is 10.1. The fourth-order valence-corrected chi connectivity index (χ4v) is 2.80. The van der Waals surface area contributed by atoms with Crippen molar-refractivity contribution in [2.75, 3.05) is 5.32 Å². The van der Waals surface area contributed by atoms with Gasteiger partial charge in [-0.2, -0.15) is 0 Å². The lowest BCUT2D eigenvalue weighted by Crippen LogP contribution is -1.99. The van der Waals surface area contributed by atoms with Gasteiger partial charge in [-0.1, -0.05) is 12.1 Å². The van der Waals surface area contributed by atoms with Crippen molar-refractivity contribution < 1.29 is 9.90 Å². The first kappa shape index (κ1) is 12.6. The Morgan fingerprint density at radius 1 is 1.35 bits per heavy atom. The van der Waals surface area contributed by atoms with E-state index in [-0.39, 0.29) is 5.69 Å². The number of fused-ring (bicyclic) bond motifs is 1. The van der Waals surface area contributed by atoms with Crippen molar-refractivity contribution in [2.45, 2.75) is 6.92 Å². The van der Waals surface area contributed by atoms with Gasteiger partial charge in [0.1, 0.15) is 0 Å². The number of nitrogens with one attached hydrogen (secondary N) is 1. The quantitative estimate of drug-likeness (QED) is 0.771. The summed E-state index contributed by atoms with van der Waals surface area (Å²) in [7, 11) is 0. The van der Waals surface area contributed by atoms with Gasteiger partial charge in [-0.05, 0) is 24.4 Å². The van der Waals surface area contributed by atoms with Crippen LogP contribution in [0, 0.1) is 6.92 Å². The van der Waals surface area contributed by atoms with Crippen molar-refractivity contribution in [3.63, 3.8) is 0 Å². The molecule has 2 aromatic heterocycles. The molecule has 0 fully saturated rings. The van der Waals surface area contributed by atoms with Crippen molar-refractivity contribution in [1.29, 1.82) is 0 Å². The average molecular weight is 285 g/mol. The van der Waals surface area contributed by atoms with Crippen molar-refractivity contribution in [3.8, 4) is 0 Å². The Kier molecular flexibility index (Phi) is 3.08. The van der Waals surface area contributed by atoms with Crippen LogP contribution in [0.4, 0.5) is 10.8 Å². The Balaban J connectivity index is 2.01. The summed E-state index contributed by atoms with van der Waals surface area (Å²) in [6, 6.07) is 7.78. The highest BCUT2D eigenvalue weighted by Crippen LogP contribution is 2.29. The van der Waals surface area contributed by atoms with Crippen molar-refractivity contribution in [2.24, 2.45) is 0 Å². The van der Waals surface area contributed by atoms with E-state index in [4.69, 9.17) is 5.11 Å². The highest BCUT2D eigenvalue weighted by Gasteiger charge is 2.14. The first-order valence-electron chi connectivity index (χ1n) is 5.95. The number of benzene rings is 1. The zero-order valence-electron chi connectivity index (χ0n) is 10.6. The number of carboxylic acid groups (broad SMARTS) is 1. The maximum Gasteiger partial charge on any atom is 0.355 e. The molecular weight excluding hydrogens is 274 g/mol. The largest absolute Gasteiger partial charge is 0.476 e. The minimum atomic E-state index is -1.01. The van der Waals surface area contributed by atoms with E-state index >= 15 is 0 Å².